The number of phenolic OH excluding ortho intramolecular Hbond substituents is 1. The largest absolute Gasteiger partial charge is 0.508 e. The number of aromatic hydroxyl groups is 1. The van der Waals surface area contributed by atoms with Crippen LogP contribution in [0.25, 0.3) is 32.8 Å². The standard InChI is InChI=1S/C39H38F5N5O3S/c1-2-26-29(40)8-5-22-13-25(50)14-27(31(22)26)32-30(53-39(42,43)44)15-28-34(33(32)41)46-36(47-35(28)49-16-23-6-7-24(17-49)45-23)51-21-37(10-11-37)18-48-19-38(20-48)9-3-4-12-52-38/h1,5,8,13-15,23-24,45,50H,3-4,6-7,9-12,16-21H2. The summed E-state index contributed by atoms with van der Waals surface area (Å²) in [6, 6.07) is 6.32. The fourth-order valence-electron chi connectivity index (χ4n) is 8.92. The highest BCUT2D eigenvalue weighted by molar-refractivity contribution is 8.00. The normalized spacial score (nSPS) is 23.4. The first kappa shape index (κ1) is 34.8. The van der Waals surface area contributed by atoms with Gasteiger partial charge >= 0.3 is 11.5 Å². The molecule has 1 saturated carbocycles. The molecule has 0 radical (unpaired) electrons. The number of thioether (sulfide) groups is 1. The first-order chi connectivity index (χ1) is 25.4. The van der Waals surface area contributed by atoms with E-state index in [0.717, 1.165) is 76.9 Å². The van der Waals surface area contributed by atoms with Crippen molar-refractivity contribution in [3.8, 4) is 35.2 Å². The van der Waals surface area contributed by atoms with E-state index in [1.165, 1.54) is 24.6 Å². The van der Waals surface area contributed by atoms with Crippen molar-refractivity contribution >= 4 is 39.3 Å². The van der Waals surface area contributed by atoms with Crippen molar-refractivity contribution in [2.24, 2.45) is 5.41 Å². The number of hydrogen-bond acceptors (Lipinski definition) is 9. The molecule has 14 heteroatoms. The number of phenols is 1. The maximum atomic E-state index is 17.4. The molecule has 8 nitrogen and oxygen atoms in total. The molecule has 5 fully saturated rings. The van der Waals surface area contributed by atoms with Crippen molar-refractivity contribution in [3.63, 3.8) is 0 Å². The Kier molecular flexibility index (Phi) is 8.45. The zero-order chi connectivity index (χ0) is 36.7. The summed E-state index contributed by atoms with van der Waals surface area (Å²) < 4.78 is 87.6. The van der Waals surface area contributed by atoms with Crippen LogP contribution >= 0.6 is 11.8 Å². The molecule has 4 aromatic rings. The molecule has 4 saturated heterocycles. The molecule has 1 spiro atoms. The van der Waals surface area contributed by atoms with Gasteiger partial charge in [0.05, 0.1) is 17.8 Å². The average Bonchev–Trinajstić information content (AvgIpc) is 3.79. The third kappa shape index (κ3) is 6.53. The van der Waals surface area contributed by atoms with Gasteiger partial charge in [0.15, 0.2) is 5.82 Å². The van der Waals surface area contributed by atoms with Crippen LogP contribution in [0.1, 0.15) is 50.5 Å². The summed E-state index contributed by atoms with van der Waals surface area (Å²) >= 11 is -0.499. The highest BCUT2D eigenvalue weighted by Gasteiger charge is 2.51. The maximum absolute atomic E-state index is 17.4. The second kappa shape index (κ2) is 12.9. The molecule has 5 aliphatic rings. The number of alkyl halides is 3. The van der Waals surface area contributed by atoms with Crippen molar-refractivity contribution in [1.29, 1.82) is 0 Å². The number of rotatable bonds is 8. The van der Waals surface area contributed by atoms with Crippen LogP contribution in [-0.4, -0.2) is 89.1 Å². The molecule has 2 N–H and O–H groups in total. The van der Waals surface area contributed by atoms with Crippen LogP contribution in [0.2, 0.25) is 0 Å². The molecule has 2 unspecified atom stereocenters. The van der Waals surface area contributed by atoms with Gasteiger partial charge in [-0.05, 0) is 91.9 Å². The van der Waals surface area contributed by atoms with Gasteiger partial charge < -0.3 is 24.8 Å². The number of terminal acetylenes is 1. The van der Waals surface area contributed by atoms with Gasteiger partial charge in [-0.3, -0.25) is 4.90 Å². The predicted octanol–water partition coefficient (Wildman–Crippen LogP) is 7.38. The molecule has 1 aliphatic carbocycles. The molecule has 2 atom stereocenters. The smallest absolute Gasteiger partial charge is 0.446 e. The summed E-state index contributed by atoms with van der Waals surface area (Å²) in [5.41, 5.74) is -6.17. The summed E-state index contributed by atoms with van der Waals surface area (Å²) in [5, 5.41) is 14.6. The van der Waals surface area contributed by atoms with Gasteiger partial charge in [0.2, 0.25) is 0 Å². The molecule has 278 valence electrons. The zero-order valence-corrected chi connectivity index (χ0v) is 29.7. The minimum Gasteiger partial charge on any atom is -0.508 e. The number of hydrogen-bond donors (Lipinski definition) is 2. The highest BCUT2D eigenvalue weighted by atomic mass is 32.2. The van der Waals surface area contributed by atoms with E-state index in [9.17, 15) is 18.3 Å². The molecule has 0 amide bonds. The lowest BCUT2D eigenvalue weighted by atomic mass is 9.85. The van der Waals surface area contributed by atoms with E-state index in [1.54, 1.807) is 0 Å². The van der Waals surface area contributed by atoms with E-state index in [2.05, 4.69) is 21.1 Å². The van der Waals surface area contributed by atoms with E-state index in [-0.39, 0.29) is 73.5 Å². The van der Waals surface area contributed by atoms with Crippen LogP contribution in [0.15, 0.2) is 35.2 Å². The van der Waals surface area contributed by atoms with E-state index in [1.807, 2.05) is 4.90 Å². The van der Waals surface area contributed by atoms with Gasteiger partial charge in [-0.25, -0.2) is 8.78 Å². The zero-order valence-electron chi connectivity index (χ0n) is 28.9. The third-order valence-electron chi connectivity index (χ3n) is 11.5. The van der Waals surface area contributed by atoms with E-state index >= 15 is 8.78 Å². The van der Waals surface area contributed by atoms with Gasteiger partial charge in [0, 0.05) is 78.1 Å². The Labute approximate surface area is 307 Å². The van der Waals surface area contributed by atoms with Gasteiger partial charge in [0.1, 0.15) is 22.9 Å². The van der Waals surface area contributed by atoms with Crippen molar-refractivity contribution < 1.29 is 36.5 Å². The first-order valence-corrected chi connectivity index (χ1v) is 18.9. The Morgan fingerprint density at radius 1 is 1.06 bits per heavy atom. The van der Waals surface area contributed by atoms with Crippen molar-refractivity contribution in [2.75, 3.05) is 50.8 Å². The SMILES string of the molecule is C#Cc1c(F)ccc2cc(O)cc(-c3c(SC(F)(F)F)cc4c(N5CC6CCC(C5)N6)nc(OCC5(CN6CC7(CCCCO7)C6)CC5)nc4c3F)c12. The second-order valence-corrected chi connectivity index (χ2v) is 16.6. The Morgan fingerprint density at radius 2 is 1.83 bits per heavy atom. The number of benzene rings is 3. The number of ether oxygens (including phenoxy) is 2. The van der Waals surface area contributed by atoms with Gasteiger partial charge in [0.25, 0.3) is 0 Å². The lowest BCUT2D eigenvalue weighted by Crippen LogP contribution is -2.65. The molecule has 4 aliphatic heterocycles. The Hall–Kier alpha value is -3.90. The summed E-state index contributed by atoms with van der Waals surface area (Å²) in [5.74, 6) is 0.312. The lowest BCUT2D eigenvalue weighted by Gasteiger charge is -2.52. The van der Waals surface area contributed by atoms with Crippen LogP contribution in [-0.2, 0) is 4.74 Å². The van der Waals surface area contributed by atoms with E-state index in [0.29, 0.717) is 19.7 Å². The van der Waals surface area contributed by atoms with E-state index in [4.69, 9.17) is 20.9 Å². The fourth-order valence-corrected chi connectivity index (χ4v) is 9.65. The first-order valence-electron chi connectivity index (χ1n) is 18.1. The average molecular weight is 752 g/mol. The molecular weight excluding hydrogens is 714 g/mol. The number of likely N-dealkylation sites (tertiary alicyclic amines) is 1. The summed E-state index contributed by atoms with van der Waals surface area (Å²) in [6.45, 7) is 4.75. The molecule has 3 aromatic carbocycles. The van der Waals surface area contributed by atoms with Crippen molar-refractivity contribution in [2.45, 2.75) is 73.0 Å². The monoisotopic (exact) mass is 751 g/mol. The van der Waals surface area contributed by atoms with Crippen LogP contribution in [0.5, 0.6) is 11.8 Å². The van der Waals surface area contributed by atoms with Gasteiger partial charge in [-0.2, -0.15) is 23.1 Å². The van der Waals surface area contributed by atoms with Crippen LogP contribution in [0.4, 0.5) is 27.8 Å². The second-order valence-electron chi connectivity index (χ2n) is 15.5. The van der Waals surface area contributed by atoms with Gasteiger partial charge in [-0.1, -0.05) is 12.0 Å². The quantitative estimate of drug-likeness (QED) is 0.109. The predicted molar refractivity (Wildman–Crippen MR) is 192 cm³/mol. The maximum Gasteiger partial charge on any atom is 0.446 e. The van der Waals surface area contributed by atoms with Crippen molar-refractivity contribution in [1.82, 2.24) is 20.2 Å². The number of nitrogens with zero attached hydrogens (tertiary/aromatic N) is 4. The number of aromatic nitrogens is 2. The van der Waals surface area contributed by atoms with Crippen LogP contribution < -0.4 is 15.0 Å². The number of anilines is 1. The fraction of sp³-hybridized carbons (Fsp3) is 0.487. The molecule has 5 heterocycles. The number of fused-ring (bicyclic) bond motifs is 4. The summed E-state index contributed by atoms with van der Waals surface area (Å²) in [4.78, 5) is 13.2. The lowest BCUT2D eigenvalue weighted by molar-refractivity contribution is -0.170. The topological polar surface area (TPSA) is 83.0 Å². The Morgan fingerprint density at radius 3 is 2.51 bits per heavy atom. The highest BCUT2D eigenvalue weighted by Crippen LogP contribution is 2.51. The van der Waals surface area contributed by atoms with Gasteiger partial charge in [-0.15, -0.1) is 6.42 Å². The van der Waals surface area contributed by atoms with E-state index < -0.39 is 39.4 Å². The molecule has 1 aromatic heterocycles. The van der Waals surface area contributed by atoms with Crippen LogP contribution in [0, 0.1) is 29.4 Å². The van der Waals surface area contributed by atoms with Crippen LogP contribution in [0.3, 0.4) is 0 Å². The number of nitrogens with one attached hydrogen (secondary N) is 1. The summed E-state index contributed by atoms with van der Waals surface area (Å²) in [7, 11) is 0. The Balaban J connectivity index is 1.15. The Bertz CT molecular complexity index is 2150. The minimum absolute atomic E-state index is 0.000848. The van der Waals surface area contributed by atoms with Crippen molar-refractivity contribution in [3.05, 3.63) is 47.5 Å². The third-order valence-corrected chi connectivity index (χ3v) is 12.3. The number of piperazine rings is 1. The molecule has 9 rings (SSSR count). The summed E-state index contributed by atoms with van der Waals surface area (Å²) in [6.07, 6.45) is 12.8. The number of halogens is 5. The minimum atomic E-state index is -4.82. The molecular formula is C39H38F5N5O3S. The molecule has 53 heavy (non-hydrogen) atoms. The molecule has 2 bridgehead atoms.